The van der Waals surface area contributed by atoms with E-state index in [1.807, 2.05) is 12.1 Å². The molecule has 0 radical (unpaired) electrons. The Morgan fingerprint density at radius 1 is 1.40 bits per heavy atom. The number of hydrogen-bond donors (Lipinski definition) is 1. The van der Waals surface area contributed by atoms with Crippen molar-refractivity contribution >= 4 is 5.82 Å². The van der Waals surface area contributed by atoms with Gasteiger partial charge in [0.25, 0.3) is 5.82 Å². The van der Waals surface area contributed by atoms with E-state index in [4.69, 9.17) is 0 Å². The van der Waals surface area contributed by atoms with Gasteiger partial charge in [0.2, 0.25) is 0 Å². The van der Waals surface area contributed by atoms with E-state index in [9.17, 15) is 0 Å². The molecule has 1 N–H and O–H groups in total. The normalized spacial score (nSPS) is 9.93. The summed E-state index contributed by atoms with van der Waals surface area (Å²) in [6, 6.07) is 6.21. The van der Waals surface area contributed by atoms with Crippen molar-refractivity contribution in [1.82, 2.24) is 0 Å². The Labute approximate surface area is 92.6 Å². The van der Waals surface area contributed by atoms with Gasteiger partial charge in [-0.05, 0) is 18.9 Å². The average molecular weight is 205 g/mol. The number of aromatic nitrogens is 1. The number of pyridine rings is 1. The van der Waals surface area contributed by atoms with Crippen LogP contribution in [0.1, 0.15) is 26.2 Å². The molecule has 0 spiro atoms. The fraction of sp³-hybridized carbons (Fsp3) is 0.462. The summed E-state index contributed by atoms with van der Waals surface area (Å²) >= 11 is 0. The molecule has 0 unspecified atom stereocenters. The molecular formula is C13H21N2+. The van der Waals surface area contributed by atoms with Crippen LogP contribution in [0, 0.1) is 0 Å². The Balaban J connectivity index is 2.47. The first-order chi connectivity index (χ1) is 7.38. The van der Waals surface area contributed by atoms with Crippen molar-refractivity contribution in [3.05, 3.63) is 37.1 Å². The molecule has 1 aromatic rings. The van der Waals surface area contributed by atoms with E-state index in [0.29, 0.717) is 0 Å². The number of hydrogen-bond acceptors (Lipinski definition) is 1. The molecule has 2 heteroatoms. The molecule has 0 fully saturated rings. The number of allylic oxidation sites excluding steroid dienone is 1. The summed E-state index contributed by atoms with van der Waals surface area (Å²) in [7, 11) is 0. The van der Waals surface area contributed by atoms with Crippen LogP contribution >= 0.6 is 0 Å². The molecule has 1 aromatic heterocycles. The van der Waals surface area contributed by atoms with Crippen molar-refractivity contribution in [1.29, 1.82) is 0 Å². The molecule has 2 nitrogen and oxygen atoms in total. The Kier molecular flexibility index (Phi) is 5.52. The number of nitrogens with zero attached hydrogens (tertiary/aromatic N) is 1. The minimum absolute atomic E-state index is 0.858. The van der Waals surface area contributed by atoms with Crippen molar-refractivity contribution in [3.63, 3.8) is 0 Å². The summed E-state index contributed by atoms with van der Waals surface area (Å²) in [5.74, 6) is 1.17. The van der Waals surface area contributed by atoms with E-state index in [2.05, 4.69) is 41.7 Å². The maximum absolute atomic E-state index is 3.76. The van der Waals surface area contributed by atoms with Crippen LogP contribution in [-0.2, 0) is 6.54 Å². The molecule has 0 aliphatic rings. The zero-order chi connectivity index (χ0) is 10.9. The third-order valence-electron chi connectivity index (χ3n) is 2.35. The van der Waals surface area contributed by atoms with E-state index in [0.717, 1.165) is 13.1 Å². The molecule has 0 atom stereocenters. The van der Waals surface area contributed by atoms with Crippen LogP contribution in [0.5, 0.6) is 0 Å². The zero-order valence-electron chi connectivity index (χ0n) is 9.58. The zero-order valence-corrected chi connectivity index (χ0v) is 9.58. The lowest BCUT2D eigenvalue weighted by Crippen LogP contribution is -2.36. The lowest BCUT2D eigenvalue weighted by atomic mass is 10.2. The molecule has 1 heterocycles. The maximum Gasteiger partial charge on any atom is 0.274 e. The maximum atomic E-state index is 3.76. The SMILES string of the molecule is C=CC[n+]1ccccc1NCCCCC. The first-order valence-corrected chi connectivity index (χ1v) is 5.71. The molecule has 0 amide bonds. The van der Waals surface area contributed by atoms with E-state index in [1.54, 1.807) is 0 Å². The van der Waals surface area contributed by atoms with Crippen LogP contribution in [0.15, 0.2) is 37.1 Å². The smallest absolute Gasteiger partial charge is 0.274 e. The molecule has 1 rings (SSSR count). The van der Waals surface area contributed by atoms with Gasteiger partial charge in [-0.25, -0.2) is 4.57 Å². The highest BCUT2D eigenvalue weighted by Gasteiger charge is 2.04. The first-order valence-electron chi connectivity index (χ1n) is 5.71. The van der Waals surface area contributed by atoms with Crippen LogP contribution < -0.4 is 9.88 Å². The molecule has 0 saturated heterocycles. The fourth-order valence-corrected chi connectivity index (χ4v) is 1.53. The van der Waals surface area contributed by atoms with Crippen LogP contribution in [-0.4, -0.2) is 6.54 Å². The average Bonchev–Trinajstić information content (AvgIpc) is 2.27. The van der Waals surface area contributed by atoms with E-state index in [-0.39, 0.29) is 0 Å². The van der Waals surface area contributed by atoms with Gasteiger partial charge in [0, 0.05) is 6.07 Å². The summed E-state index contributed by atoms with van der Waals surface area (Å²) in [4.78, 5) is 0. The first kappa shape index (κ1) is 11.8. The van der Waals surface area contributed by atoms with Gasteiger partial charge in [-0.1, -0.05) is 32.1 Å². The van der Waals surface area contributed by atoms with Gasteiger partial charge in [0.15, 0.2) is 0 Å². The predicted octanol–water partition coefficient (Wildman–Crippen LogP) is 2.76. The monoisotopic (exact) mass is 205 g/mol. The van der Waals surface area contributed by atoms with E-state index in [1.165, 1.54) is 25.1 Å². The minimum Gasteiger partial charge on any atom is -0.274 e. The second kappa shape index (κ2) is 7.04. The Bertz CT molecular complexity index is 294. The molecule has 0 aromatic carbocycles. The highest BCUT2D eigenvalue weighted by atomic mass is 15.1. The molecule has 0 aliphatic heterocycles. The lowest BCUT2D eigenvalue weighted by Gasteiger charge is -2.04. The van der Waals surface area contributed by atoms with Gasteiger partial charge in [-0.2, -0.15) is 0 Å². The van der Waals surface area contributed by atoms with E-state index >= 15 is 0 Å². The van der Waals surface area contributed by atoms with Crippen LogP contribution in [0.2, 0.25) is 0 Å². The molecule has 82 valence electrons. The Morgan fingerprint density at radius 2 is 2.27 bits per heavy atom. The molecule has 0 aliphatic carbocycles. The van der Waals surface area contributed by atoms with Gasteiger partial charge < -0.3 is 0 Å². The van der Waals surface area contributed by atoms with E-state index < -0.39 is 0 Å². The second-order valence-electron chi connectivity index (χ2n) is 3.66. The van der Waals surface area contributed by atoms with Gasteiger partial charge in [0.1, 0.15) is 6.54 Å². The lowest BCUT2D eigenvalue weighted by molar-refractivity contribution is -0.673. The molecular weight excluding hydrogens is 184 g/mol. The summed E-state index contributed by atoms with van der Waals surface area (Å²) in [6.07, 6.45) is 7.78. The Hall–Kier alpha value is -1.31. The minimum atomic E-state index is 0.858. The standard InChI is InChI=1S/C13H20N2/c1-3-5-7-10-14-13-9-6-8-12-15(13)11-4-2/h4,6,8-9,12H,2-3,5,7,10-11H2,1H3/p+1. The van der Waals surface area contributed by atoms with Crippen molar-refractivity contribution < 1.29 is 4.57 Å². The van der Waals surface area contributed by atoms with Gasteiger partial charge in [-0.15, -0.1) is 0 Å². The van der Waals surface area contributed by atoms with Crippen molar-refractivity contribution in [2.24, 2.45) is 0 Å². The van der Waals surface area contributed by atoms with Crippen LogP contribution in [0.25, 0.3) is 0 Å². The summed E-state index contributed by atoms with van der Waals surface area (Å²) in [5, 5.41) is 3.45. The van der Waals surface area contributed by atoms with Crippen molar-refractivity contribution in [3.8, 4) is 0 Å². The second-order valence-corrected chi connectivity index (χ2v) is 3.66. The van der Waals surface area contributed by atoms with Crippen molar-refractivity contribution in [2.75, 3.05) is 11.9 Å². The van der Waals surface area contributed by atoms with Gasteiger partial charge in [-0.3, -0.25) is 5.32 Å². The summed E-state index contributed by atoms with van der Waals surface area (Å²) in [5.41, 5.74) is 0. The highest BCUT2D eigenvalue weighted by Crippen LogP contribution is 2.00. The summed E-state index contributed by atoms with van der Waals surface area (Å²) in [6.45, 7) is 7.89. The highest BCUT2D eigenvalue weighted by molar-refractivity contribution is 5.27. The largest absolute Gasteiger partial charge is 0.274 e. The number of unbranched alkanes of at least 4 members (excludes halogenated alkanes) is 2. The van der Waals surface area contributed by atoms with Gasteiger partial charge in [0.05, 0.1) is 12.7 Å². The van der Waals surface area contributed by atoms with Crippen LogP contribution in [0.4, 0.5) is 5.82 Å². The number of anilines is 1. The molecule has 0 saturated carbocycles. The third-order valence-corrected chi connectivity index (χ3v) is 2.35. The number of nitrogens with one attached hydrogen (secondary N) is 1. The van der Waals surface area contributed by atoms with Crippen molar-refractivity contribution in [2.45, 2.75) is 32.7 Å². The Morgan fingerprint density at radius 3 is 3.00 bits per heavy atom. The topological polar surface area (TPSA) is 15.9 Å². The van der Waals surface area contributed by atoms with Gasteiger partial charge >= 0.3 is 0 Å². The summed E-state index contributed by atoms with van der Waals surface area (Å²) < 4.78 is 2.17. The molecule has 15 heavy (non-hydrogen) atoms. The van der Waals surface area contributed by atoms with Crippen LogP contribution in [0.3, 0.4) is 0 Å². The number of rotatable bonds is 7. The fourth-order valence-electron chi connectivity index (χ4n) is 1.53. The quantitative estimate of drug-likeness (QED) is 0.411. The molecule has 0 bridgehead atoms. The predicted molar refractivity (Wildman–Crippen MR) is 64.8 cm³/mol. The third kappa shape index (κ3) is 4.15.